The Morgan fingerprint density at radius 3 is 3.24 bits per heavy atom. The first-order chi connectivity index (χ1) is 10.3. The van der Waals surface area contributed by atoms with Gasteiger partial charge in [-0.2, -0.15) is 5.10 Å². The van der Waals surface area contributed by atoms with Crippen LogP contribution in [0.1, 0.15) is 31.2 Å². The summed E-state index contributed by atoms with van der Waals surface area (Å²) in [4.78, 5) is 14.1. The van der Waals surface area contributed by atoms with Crippen molar-refractivity contribution in [3.8, 4) is 0 Å². The minimum Gasteiger partial charge on any atom is -0.396 e. The number of rotatable bonds is 8. The van der Waals surface area contributed by atoms with E-state index >= 15 is 0 Å². The molecule has 0 aliphatic carbocycles. The number of nitrogens with one attached hydrogen (secondary N) is 2. The van der Waals surface area contributed by atoms with Gasteiger partial charge in [0.1, 0.15) is 0 Å². The fourth-order valence-electron chi connectivity index (χ4n) is 2.81. The zero-order chi connectivity index (χ0) is 14.9. The van der Waals surface area contributed by atoms with E-state index in [4.69, 9.17) is 0 Å². The van der Waals surface area contributed by atoms with Gasteiger partial charge in [-0.05, 0) is 43.7 Å². The molecule has 2 heterocycles. The minimum atomic E-state index is 0.120. The van der Waals surface area contributed by atoms with Crippen molar-refractivity contribution < 1.29 is 9.90 Å². The van der Waals surface area contributed by atoms with Gasteiger partial charge >= 0.3 is 0 Å². The third-order valence-corrected chi connectivity index (χ3v) is 4.04. The Hall–Kier alpha value is -1.40. The van der Waals surface area contributed by atoms with Crippen molar-refractivity contribution in [3.63, 3.8) is 0 Å². The van der Waals surface area contributed by atoms with E-state index < -0.39 is 0 Å². The van der Waals surface area contributed by atoms with Gasteiger partial charge < -0.3 is 15.3 Å². The van der Waals surface area contributed by atoms with Crippen molar-refractivity contribution in [3.05, 3.63) is 18.0 Å². The summed E-state index contributed by atoms with van der Waals surface area (Å²) in [6, 6.07) is 0. The maximum absolute atomic E-state index is 11.7. The van der Waals surface area contributed by atoms with Gasteiger partial charge in [0, 0.05) is 38.9 Å². The molecule has 1 aromatic heterocycles. The molecule has 6 nitrogen and oxygen atoms in total. The zero-order valence-corrected chi connectivity index (χ0v) is 12.6. The van der Waals surface area contributed by atoms with Crippen molar-refractivity contribution in [2.75, 3.05) is 32.8 Å². The normalized spacial score (nSPS) is 19.6. The van der Waals surface area contributed by atoms with E-state index in [1.165, 1.54) is 0 Å². The Bertz CT molecular complexity index is 408. The van der Waals surface area contributed by atoms with Crippen LogP contribution in [0.5, 0.6) is 0 Å². The van der Waals surface area contributed by atoms with Crippen LogP contribution in [0.4, 0.5) is 0 Å². The number of amides is 1. The summed E-state index contributed by atoms with van der Waals surface area (Å²) in [5.74, 6) is 0.527. The zero-order valence-electron chi connectivity index (χ0n) is 12.6. The number of carbonyl (C=O) groups is 1. The van der Waals surface area contributed by atoms with Crippen molar-refractivity contribution >= 4 is 5.91 Å². The lowest BCUT2D eigenvalue weighted by Gasteiger charge is -2.31. The molecular formula is C15H26N4O2. The fraction of sp³-hybridized carbons (Fsp3) is 0.733. The van der Waals surface area contributed by atoms with Crippen LogP contribution < -0.4 is 5.32 Å². The number of hydrogen-bond acceptors (Lipinski definition) is 4. The molecular weight excluding hydrogens is 268 g/mol. The monoisotopic (exact) mass is 294 g/mol. The Morgan fingerprint density at radius 1 is 1.57 bits per heavy atom. The number of hydrogen-bond donors (Lipinski definition) is 3. The minimum absolute atomic E-state index is 0.120. The summed E-state index contributed by atoms with van der Waals surface area (Å²) in [6.45, 7) is 3.88. The number of carbonyl (C=O) groups excluding carboxylic acids is 1. The Balaban J connectivity index is 1.52. The summed E-state index contributed by atoms with van der Waals surface area (Å²) in [6.07, 6.45) is 8.22. The molecule has 0 unspecified atom stereocenters. The maximum atomic E-state index is 11.7. The first-order valence-electron chi connectivity index (χ1n) is 7.85. The Labute approximate surface area is 125 Å². The number of aromatic nitrogens is 2. The van der Waals surface area contributed by atoms with E-state index in [2.05, 4.69) is 20.4 Å². The lowest BCUT2D eigenvalue weighted by atomic mass is 9.99. The number of aromatic amines is 1. The van der Waals surface area contributed by atoms with E-state index in [1.54, 1.807) is 6.20 Å². The van der Waals surface area contributed by atoms with E-state index in [9.17, 15) is 9.90 Å². The highest BCUT2D eigenvalue weighted by molar-refractivity contribution is 5.75. The van der Waals surface area contributed by atoms with E-state index in [-0.39, 0.29) is 12.5 Å². The summed E-state index contributed by atoms with van der Waals surface area (Å²) in [7, 11) is 0. The number of nitrogens with zero attached hydrogens (tertiary/aromatic N) is 2. The molecule has 6 heteroatoms. The first kappa shape index (κ1) is 16.0. The molecule has 3 N–H and O–H groups in total. The van der Waals surface area contributed by atoms with Crippen molar-refractivity contribution in [1.82, 2.24) is 20.4 Å². The molecule has 0 radical (unpaired) electrons. The number of H-pyrrole nitrogens is 1. The van der Waals surface area contributed by atoms with Gasteiger partial charge in [-0.3, -0.25) is 9.89 Å². The molecule has 1 aliphatic heterocycles. The van der Waals surface area contributed by atoms with E-state index in [0.717, 1.165) is 50.9 Å². The molecule has 0 bridgehead atoms. The molecule has 1 fully saturated rings. The van der Waals surface area contributed by atoms with Gasteiger partial charge in [0.25, 0.3) is 0 Å². The smallest absolute Gasteiger partial charge is 0.220 e. The molecule has 2 rings (SSSR count). The highest BCUT2D eigenvalue weighted by Crippen LogP contribution is 2.14. The van der Waals surface area contributed by atoms with Gasteiger partial charge in [0.05, 0.1) is 6.20 Å². The van der Waals surface area contributed by atoms with Crippen LogP contribution in [-0.2, 0) is 11.2 Å². The summed E-state index contributed by atoms with van der Waals surface area (Å²) in [5.41, 5.74) is 1.14. The fourth-order valence-corrected chi connectivity index (χ4v) is 2.81. The van der Waals surface area contributed by atoms with Crippen LogP contribution >= 0.6 is 0 Å². The van der Waals surface area contributed by atoms with Crippen LogP contribution in [0.2, 0.25) is 0 Å². The van der Waals surface area contributed by atoms with Gasteiger partial charge in [-0.15, -0.1) is 0 Å². The molecule has 1 aliphatic rings. The molecule has 0 spiro atoms. The Morgan fingerprint density at radius 2 is 2.48 bits per heavy atom. The lowest BCUT2D eigenvalue weighted by Crippen LogP contribution is -2.41. The highest BCUT2D eigenvalue weighted by Gasteiger charge is 2.18. The Kier molecular flexibility index (Phi) is 6.69. The molecule has 1 aromatic rings. The predicted octanol–water partition coefficient (Wildman–Crippen LogP) is 0.553. The number of piperidine rings is 1. The van der Waals surface area contributed by atoms with Gasteiger partial charge in [0.15, 0.2) is 0 Å². The number of aliphatic hydroxyl groups is 1. The second kappa shape index (κ2) is 8.79. The molecule has 21 heavy (non-hydrogen) atoms. The summed E-state index contributed by atoms with van der Waals surface area (Å²) >= 11 is 0. The molecule has 1 amide bonds. The second-order valence-corrected chi connectivity index (χ2v) is 5.80. The maximum Gasteiger partial charge on any atom is 0.220 e. The largest absolute Gasteiger partial charge is 0.396 e. The predicted molar refractivity (Wildman–Crippen MR) is 80.8 cm³/mol. The molecule has 0 saturated carbocycles. The molecule has 1 atom stereocenters. The van der Waals surface area contributed by atoms with Crippen LogP contribution in [0, 0.1) is 5.92 Å². The summed E-state index contributed by atoms with van der Waals surface area (Å²) < 4.78 is 0. The molecule has 118 valence electrons. The van der Waals surface area contributed by atoms with E-state index in [0.29, 0.717) is 18.9 Å². The lowest BCUT2D eigenvalue weighted by molar-refractivity contribution is -0.121. The quantitative estimate of drug-likeness (QED) is 0.654. The molecule has 1 saturated heterocycles. The van der Waals surface area contributed by atoms with Crippen molar-refractivity contribution in [1.29, 1.82) is 0 Å². The summed E-state index contributed by atoms with van der Waals surface area (Å²) in [5, 5.41) is 18.8. The van der Waals surface area contributed by atoms with Crippen LogP contribution in [0.25, 0.3) is 0 Å². The van der Waals surface area contributed by atoms with Crippen molar-refractivity contribution in [2.24, 2.45) is 5.92 Å². The van der Waals surface area contributed by atoms with Gasteiger partial charge in [-0.1, -0.05) is 0 Å². The number of aryl methyl sites for hydroxylation is 1. The first-order valence-corrected chi connectivity index (χ1v) is 7.85. The highest BCUT2D eigenvalue weighted by atomic mass is 16.3. The average Bonchev–Trinajstić information content (AvgIpc) is 3.01. The SMILES string of the molecule is O=C(CCCc1cn[nH]c1)NCCN1CCC[C@H](CO)C1. The number of likely N-dealkylation sites (tertiary alicyclic amines) is 1. The topological polar surface area (TPSA) is 81.2 Å². The van der Waals surface area contributed by atoms with Crippen LogP contribution in [0.3, 0.4) is 0 Å². The third kappa shape index (κ3) is 5.85. The van der Waals surface area contributed by atoms with E-state index in [1.807, 2.05) is 6.20 Å². The second-order valence-electron chi connectivity index (χ2n) is 5.80. The van der Waals surface area contributed by atoms with Crippen molar-refractivity contribution in [2.45, 2.75) is 32.1 Å². The van der Waals surface area contributed by atoms with Gasteiger partial charge in [0.2, 0.25) is 5.91 Å². The number of aliphatic hydroxyl groups excluding tert-OH is 1. The standard InChI is InChI=1S/C15H26N4O2/c20-12-14-4-2-7-19(11-14)8-6-16-15(21)5-1-3-13-9-17-18-10-13/h9-10,14,20H,1-8,11-12H2,(H,16,21)(H,17,18)/t14-/m0/s1. The third-order valence-electron chi connectivity index (χ3n) is 4.04. The van der Waals surface area contributed by atoms with Gasteiger partial charge in [-0.25, -0.2) is 0 Å². The average molecular weight is 294 g/mol. The van der Waals surface area contributed by atoms with Crippen LogP contribution in [0.15, 0.2) is 12.4 Å². The molecule has 0 aromatic carbocycles. The van der Waals surface area contributed by atoms with Crippen LogP contribution in [-0.4, -0.2) is 58.9 Å².